The Morgan fingerprint density at radius 2 is 1.91 bits per heavy atom. The Morgan fingerprint density at radius 3 is 2.50 bits per heavy atom. The van der Waals surface area contributed by atoms with Gasteiger partial charge in [-0.2, -0.15) is 0 Å². The van der Waals surface area contributed by atoms with Crippen LogP contribution < -0.4 is 9.47 Å². The standard InChI is InChI=1S/C17H17O4P/c1-20-15-6-7-16(14(10-15)11-18)21-17(19)13-4-2-12(3-5-13)8-9-22/h2-7,10-11H,8-9,22H2,1H3. The predicted molar refractivity (Wildman–Crippen MR) is 88.1 cm³/mol. The second-order valence-electron chi connectivity index (χ2n) is 4.65. The molecule has 0 bridgehead atoms. The van der Waals surface area contributed by atoms with Gasteiger partial charge in [0.05, 0.1) is 18.2 Å². The lowest BCUT2D eigenvalue weighted by Gasteiger charge is -2.08. The molecule has 0 aliphatic carbocycles. The van der Waals surface area contributed by atoms with Crippen molar-refractivity contribution in [2.24, 2.45) is 0 Å². The van der Waals surface area contributed by atoms with Crippen molar-refractivity contribution < 1.29 is 19.1 Å². The van der Waals surface area contributed by atoms with Gasteiger partial charge in [-0.1, -0.05) is 12.1 Å². The Balaban J connectivity index is 2.16. The summed E-state index contributed by atoms with van der Waals surface area (Å²) in [6, 6.07) is 12.0. The van der Waals surface area contributed by atoms with Crippen LogP contribution in [0, 0.1) is 0 Å². The summed E-state index contributed by atoms with van der Waals surface area (Å²) < 4.78 is 10.3. The van der Waals surface area contributed by atoms with Gasteiger partial charge < -0.3 is 9.47 Å². The Bertz CT molecular complexity index is 665. The molecule has 0 saturated heterocycles. The zero-order chi connectivity index (χ0) is 15.9. The monoisotopic (exact) mass is 316 g/mol. The van der Waals surface area contributed by atoms with Crippen molar-refractivity contribution in [1.29, 1.82) is 0 Å². The molecule has 2 rings (SSSR count). The first-order valence-electron chi connectivity index (χ1n) is 6.82. The molecule has 0 amide bonds. The molecule has 2 aromatic carbocycles. The van der Waals surface area contributed by atoms with Crippen LogP contribution in [0.25, 0.3) is 0 Å². The number of carbonyl (C=O) groups excluding carboxylic acids is 2. The number of methoxy groups -OCH3 is 1. The molecule has 0 radical (unpaired) electrons. The smallest absolute Gasteiger partial charge is 0.343 e. The number of ether oxygens (including phenoxy) is 2. The first-order chi connectivity index (χ1) is 10.7. The lowest BCUT2D eigenvalue weighted by Crippen LogP contribution is -2.10. The molecule has 4 nitrogen and oxygen atoms in total. The van der Waals surface area contributed by atoms with Gasteiger partial charge >= 0.3 is 5.97 Å². The maximum atomic E-state index is 12.1. The maximum Gasteiger partial charge on any atom is 0.343 e. The summed E-state index contributed by atoms with van der Waals surface area (Å²) in [7, 11) is 4.17. The van der Waals surface area contributed by atoms with Gasteiger partial charge in [0.1, 0.15) is 11.5 Å². The van der Waals surface area contributed by atoms with E-state index in [1.165, 1.54) is 13.2 Å². The molecule has 0 spiro atoms. The minimum Gasteiger partial charge on any atom is -0.497 e. The van der Waals surface area contributed by atoms with E-state index >= 15 is 0 Å². The molecule has 22 heavy (non-hydrogen) atoms. The predicted octanol–water partition coefficient (Wildman–Crippen LogP) is 3.14. The SMILES string of the molecule is COc1ccc(OC(=O)c2ccc(CCP)cc2)c(C=O)c1. The molecule has 0 fully saturated rings. The summed E-state index contributed by atoms with van der Waals surface area (Å²) in [5, 5.41) is 0. The fourth-order valence-corrected chi connectivity index (χ4v) is 2.30. The molecule has 0 N–H and O–H groups in total. The number of rotatable bonds is 6. The van der Waals surface area contributed by atoms with E-state index in [0.717, 1.165) is 18.1 Å². The average Bonchev–Trinajstić information content (AvgIpc) is 2.56. The lowest BCUT2D eigenvalue weighted by molar-refractivity contribution is 0.0733. The number of carbonyl (C=O) groups is 2. The highest BCUT2D eigenvalue weighted by Crippen LogP contribution is 2.23. The highest BCUT2D eigenvalue weighted by molar-refractivity contribution is 7.16. The zero-order valence-corrected chi connectivity index (χ0v) is 13.4. The number of hydrogen-bond acceptors (Lipinski definition) is 4. The fraction of sp³-hybridized carbons (Fsp3) is 0.176. The second-order valence-corrected chi connectivity index (χ2v) is 5.22. The second kappa shape index (κ2) is 7.71. The molecule has 1 unspecified atom stereocenters. The summed E-state index contributed by atoms with van der Waals surface area (Å²) in [6.45, 7) is 0. The van der Waals surface area contributed by atoms with E-state index in [1.54, 1.807) is 24.3 Å². The number of benzene rings is 2. The summed E-state index contributed by atoms with van der Waals surface area (Å²) in [4.78, 5) is 23.2. The first kappa shape index (κ1) is 16.2. The van der Waals surface area contributed by atoms with Gasteiger partial charge in [-0.15, -0.1) is 9.24 Å². The van der Waals surface area contributed by atoms with Crippen LogP contribution in [-0.4, -0.2) is 25.5 Å². The molecule has 0 aromatic heterocycles. The summed E-state index contributed by atoms with van der Waals surface area (Å²) >= 11 is 0. The zero-order valence-electron chi connectivity index (χ0n) is 12.2. The van der Waals surface area contributed by atoms with Crippen LogP contribution in [0.3, 0.4) is 0 Å². The molecule has 1 atom stereocenters. The molecule has 5 heteroatoms. The van der Waals surface area contributed by atoms with E-state index in [1.807, 2.05) is 12.1 Å². The van der Waals surface area contributed by atoms with E-state index in [2.05, 4.69) is 9.24 Å². The van der Waals surface area contributed by atoms with Crippen molar-refractivity contribution in [1.82, 2.24) is 0 Å². The highest BCUT2D eigenvalue weighted by atomic mass is 31.0. The van der Waals surface area contributed by atoms with Gasteiger partial charge in [0.15, 0.2) is 6.29 Å². The van der Waals surface area contributed by atoms with Crippen molar-refractivity contribution in [3.63, 3.8) is 0 Å². The fourth-order valence-electron chi connectivity index (χ4n) is 1.97. The van der Waals surface area contributed by atoms with E-state index < -0.39 is 5.97 Å². The van der Waals surface area contributed by atoms with Crippen molar-refractivity contribution in [2.75, 3.05) is 13.3 Å². The summed E-state index contributed by atoms with van der Waals surface area (Å²) in [6.07, 6.45) is 2.54. The minimum absolute atomic E-state index is 0.217. The summed E-state index contributed by atoms with van der Waals surface area (Å²) in [5.41, 5.74) is 1.87. The number of aryl methyl sites for hydroxylation is 1. The van der Waals surface area contributed by atoms with Crippen molar-refractivity contribution in [2.45, 2.75) is 6.42 Å². The average molecular weight is 316 g/mol. The third kappa shape index (κ3) is 3.92. The van der Waals surface area contributed by atoms with E-state index in [-0.39, 0.29) is 11.3 Å². The molecule has 2 aromatic rings. The Labute approximate surface area is 131 Å². The van der Waals surface area contributed by atoms with Crippen LogP contribution >= 0.6 is 9.24 Å². The van der Waals surface area contributed by atoms with Crippen molar-refractivity contribution in [3.8, 4) is 11.5 Å². The van der Waals surface area contributed by atoms with Crippen LogP contribution in [0.5, 0.6) is 11.5 Å². The normalized spacial score (nSPS) is 10.1. The number of esters is 1. The Morgan fingerprint density at radius 1 is 1.18 bits per heavy atom. The van der Waals surface area contributed by atoms with Crippen LogP contribution in [0.2, 0.25) is 0 Å². The topological polar surface area (TPSA) is 52.6 Å². The quantitative estimate of drug-likeness (QED) is 0.355. The molecule has 0 saturated carbocycles. The molecule has 0 aliphatic rings. The summed E-state index contributed by atoms with van der Waals surface area (Å²) in [5.74, 6) is 0.254. The van der Waals surface area contributed by atoms with E-state index in [9.17, 15) is 9.59 Å². The van der Waals surface area contributed by atoms with Gasteiger partial charge in [0, 0.05) is 0 Å². The van der Waals surface area contributed by atoms with Crippen LogP contribution in [-0.2, 0) is 6.42 Å². The largest absolute Gasteiger partial charge is 0.497 e. The number of hydrogen-bond donors (Lipinski definition) is 0. The third-order valence-corrected chi connectivity index (χ3v) is 3.46. The van der Waals surface area contributed by atoms with E-state index in [0.29, 0.717) is 17.6 Å². The van der Waals surface area contributed by atoms with Gasteiger partial charge in [-0.05, 0) is 48.5 Å². The van der Waals surface area contributed by atoms with Crippen LogP contribution in [0.15, 0.2) is 42.5 Å². The lowest BCUT2D eigenvalue weighted by atomic mass is 10.1. The molecular formula is C17H17O4P. The van der Waals surface area contributed by atoms with Crippen molar-refractivity contribution >= 4 is 21.5 Å². The molecule has 0 aliphatic heterocycles. The maximum absolute atomic E-state index is 12.1. The highest BCUT2D eigenvalue weighted by Gasteiger charge is 2.12. The molecule has 114 valence electrons. The van der Waals surface area contributed by atoms with Gasteiger partial charge in [-0.3, -0.25) is 4.79 Å². The van der Waals surface area contributed by atoms with Crippen LogP contribution in [0.1, 0.15) is 26.3 Å². The molecular weight excluding hydrogens is 299 g/mol. The third-order valence-electron chi connectivity index (χ3n) is 3.17. The van der Waals surface area contributed by atoms with Gasteiger partial charge in [0.25, 0.3) is 0 Å². The Kier molecular flexibility index (Phi) is 5.68. The van der Waals surface area contributed by atoms with Crippen LogP contribution in [0.4, 0.5) is 0 Å². The molecule has 0 heterocycles. The number of aldehydes is 1. The van der Waals surface area contributed by atoms with Crippen molar-refractivity contribution in [3.05, 3.63) is 59.2 Å². The first-order valence-corrected chi connectivity index (χ1v) is 7.64. The van der Waals surface area contributed by atoms with E-state index in [4.69, 9.17) is 9.47 Å². The Hall–Kier alpha value is -2.19. The van der Waals surface area contributed by atoms with Gasteiger partial charge in [0.2, 0.25) is 0 Å². The van der Waals surface area contributed by atoms with Gasteiger partial charge in [-0.25, -0.2) is 4.79 Å². The minimum atomic E-state index is -0.495.